The van der Waals surface area contributed by atoms with Gasteiger partial charge in [-0.25, -0.2) is 5.43 Å². The van der Waals surface area contributed by atoms with E-state index < -0.39 is 0 Å². The maximum Gasteiger partial charge on any atom is 0.271 e. The van der Waals surface area contributed by atoms with Gasteiger partial charge in [-0.1, -0.05) is 54.6 Å². The molecule has 30 heavy (non-hydrogen) atoms. The number of hydrazone groups is 1. The minimum Gasteiger partial charge on any atom is -0.508 e. The minimum absolute atomic E-state index is 0.107. The maximum atomic E-state index is 12.0. The number of nitrogens with one attached hydrogen (secondary N) is 1. The summed E-state index contributed by atoms with van der Waals surface area (Å²) in [6.07, 6.45) is 1.56. The van der Waals surface area contributed by atoms with Crippen LogP contribution in [0.25, 0.3) is 10.8 Å². The monoisotopic (exact) mass is 396 g/mol. The highest BCUT2D eigenvalue weighted by Crippen LogP contribution is 2.21. The number of amides is 1. The lowest BCUT2D eigenvalue weighted by atomic mass is 10.1. The first-order chi connectivity index (χ1) is 14.7. The molecule has 0 aliphatic rings. The number of aromatic hydroxyl groups is 1. The molecule has 4 aromatic rings. The normalized spacial score (nSPS) is 10.9. The number of fused-ring (bicyclic) bond motifs is 1. The molecule has 0 aliphatic carbocycles. The molecular formula is C25H20N2O3. The number of hydrogen-bond acceptors (Lipinski definition) is 4. The van der Waals surface area contributed by atoms with Crippen molar-refractivity contribution in [3.05, 3.63) is 108 Å². The Morgan fingerprint density at radius 1 is 0.933 bits per heavy atom. The van der Waals surface area contributed by atoms with Crippen molar-refractivity contribution < 1.29 is 14.6 Å². The number of phenols is 1. The van der Waals surface area contributed by atoms with Crippen molar-refractivity contribution in [3.63, 3.8) is 0 Å². The van der Waals surface area contributed by atoms with E-state index in [-0.39, 0.29) is 11.7 Å². The van der Waals surface area contributed by atoms with Gasteiger partial charge in [-0.2, -0.15) is 5.10 Å². The van der Waals surface area contributed by atoms with Gasteiger partial charge in [-0.3, -0.25) is 4.79 Å². The summed E-state index contributed by atoms with van der Waals surface area (Å²) < 4.78 is 5.98. The number of hydrogen-bond donors (Lipinski definition) is 2. The number of rotatable bonds is 6. The predicted octanol–water partition coefficient (Wildman–Crippen LogP) is 4.89. The molecule has 5 heteroatoms. The highest BCUT2D eigenvalue weighted by atomic mass is 16.5. The van der Waals surface area contributed by atoms with Gasteiger partial charge in [0.15, 0.2) is 0 Å². The van der Waals surface area contributed by atoms with Gasteiger partial charge < -0.3 is 9.84 Å². The Bertz CT molecular complexity index is 1200. The van der Waals surface area contributed by atoms with E-state index in [1.165, 1.54) is 35.0 Å². The molecule has 0 bridgehead atoms. The van der Waals surface area contributed by atoms with Crippen molar-refractivity contribution >= 4 is 22.9 Å². The van der Waals surface area contributed by atoms with Crippen LogP contribution in [0.1, 0.15) is 21.5 Å². The fourth-order valence-electron chi connectivity index (χ4n) is 3.11. The van der Waals surface area contributed by atoms with Crippen LogP contribution in [0.5, 0.6) is 11.5 Å². The third-order valence-corrected chi connectivity index (χ3v) is 4.64. The summed E-state index contributed by atoms with van der Waals surface area (Å²) in [5.41, 5.74) is 4.81. The van der Waals surface area contributed by atoms with Gasteiger partial charge in [0.2, 0.25) is 0 Å². The molecule has 0 heterocycles. The molecule has 4 aromatic carbocycles. The molecule has 0 radical (unpaired) electrons. The Hall–Kier alpha value is -4.12. The van der Waals surface area contributed by atoms with Crippen LogP contribution in [0.4, 0.5) is 0 Å². The summed E-state index contributed by atoms with van der Waals surface area (Å²) in [7, 11) is 0. The third-order valence-electron chi connectivity index (χ3n) is 4.64. The van der Waals surface area contributed by atoms with Crippen molar-refractivity contribution in [3.8, 4) is 11.5 Å². The molecule has 0 atom stereocenters. The summed E-state index contributed by atoms with van der Waals surface area (Å²) in [6.45, 7) is 0.458. The molecule has 0 saturated heterocycles. The molecule has 1 amide bonds. The van der Waals surface area contributed by atoms with Crippen LogP contribution in [-0.2, 0) is 6.61 Å². The van der Waals surface area contributed by atoms with E-state index in [4.69, 9.17) is 4.74 Å². The van der Waals surface area contributed by atoms with Gasteiger partial charge >= 0.3 is 0 Å². The highest BCUT2D eigenvalue weighted by Gasteiger charge is 2.04. The van der Waals surface area contributed by atoms with E-state index in [2.05, 4.69) is 34.8 Å². The summed E-state index contributed by atoms with van der Waals surface area (Å²) >= 11 is 0. The molecule has 4 rings (SSSR count). The summed E-state index contributed by atoms with van der Waals surface area (Å²) in [5, 5.41) is 15.6. The minimum atomic E-state index is -0.352. The molecule has 0 saturated carbocycles. The van der Waals surface area contributed by atoms with Gasteiger partial charge in [-0.15, -0.1) is 0 Å². The number of carbonyl (C=O) groups is 1. The number of benzene rings is 4. The Balaban J connectivity index is 1.39. The van der Waals surface area contributed by atoms with E-state index in [1.54, 1.807) is 6.21 Å². The second kappa shape index (κ2) is 8.92. The Kier molecular flexibility index (Phi) is 5.71. The zero-order valence-electron chi connectivity index (χ0n) is 16.2. The quantitative estimate of drug-likeness (QED) is 0.360. The first-order valence-electron chi connectivity index (χ1n) is 9.51. The maximum absolute atomic E-state index is 12.0. The van der Waals surface area contributed by atoms with E-state index in [0.717, 1.165) is 16.9 Å². The second-order valence-electron chi connectivity index (χ2n) is 6.75. The van der Waals surface area contributed by atoms with Crippen LogP contribution in [0, 0.1) is 0 Å². The van der Waals surface area contributed by atoms with Crippen LogP contribution in [-0.4, -0.2) is 17.2 Å². The van der Waals surface area contributed by atoms with Crippen molar-refractivity contribution in [2.24, 2.45) is 5.10 Å². The van der Waals surface area contributed by atoms with Gasteiger partial charge in [0.1, 0.15) is 18.1 Å². The van der Waals surface area contributed by atoms with E-state index >= 15 is 0 Å². The molecule has 0 aromatic heterocycles. The van der Waals surface area contributed by atoms with Crippen molar-refractivity contribution in [1.29, 1.82) is 0 Å². The lowest BCUT2D eigenvalue weighted by Crippen LogP contribution is -2.17. The lowest BCUT2D eigenvalue weighted by Gasteiger charge is -2.09. The van der Waals surface area contributed by atoms with Crippen molar-refractivity contribution in [2.45, 2.75) is 6.61 Å². The number of nitrogens with zero attached hydrogens (tertiary/aromatic N) is 1. The average molecular weight is 396 g/mol. The Morgan fingerprint density at radius 3 is 2.57 bits per heavy atom. The summed E-state index contributed by atoms with van der Waals surface area (Å²) in [6, 6.07) is 27.9. The van der Waals surface area contributed by atoms with E-state index in [9.17, 15) is 9.90 Å². The number of carbonyl (C=O) groups excluding carboxylic acids is 1. The van der Waals surface area contributed by atoms with Crippen LogP contribution >= 0.6 is 0 Å². The molecule has 2 N–H and O–H groups in total. The fourth-order valence-corrected chi connectivity index (χ4v) is 3.11. The zero-order chi connectivity index (χ0) is 20.8. The first-order valence-corrected chi connectivity index (χ1v) is 9.51. The first kappa shape index (κ1) is 19.2. The molecular weight excluding hydrogens is 376 g/mol. The lowest BCUT2D eigenvalue weighted by molar-refractivity contribution is 0.0955. The number of phenolic OH excluding ortho intramolecular Hbond substituents is 1. The molecule has 0 unspecified atom stereocenters. The van der Waals surface area contributed by atoms with Crippen LogP contribution in [0.15, 0.2) is 96.1 Å². The molecule has 0 aliphatic heterocycles. The highest BCUT2D eigenvalue weighted by molar-refractivity contribution is 5.95. The van der Waals surface area contributed by atoms with Gasteiger partial charge in [-0.05, 0) is 58.3 Å². The van der Waals surface area contributed by atoms with Crippen LogP contribution in [0.3, 0.4) is 0 Å². The van der Waals surface area contributed by atoms with Crippen molar-refractivity contribution in [2.75, 3.05) is 0 Å². The SMILES string of the molecule is O=C(N/N=C/c1cccc(OCc2cccc3ccccc23)c1)c1ccc(O)cc1. The number of ether oxygens (including phenoxy) is 1. The molecule has 148 valence electrons. The van der Waals surface area contributed by atoms with Gasteiger partial charge in [0.05, 0.1) is 6.21 Å². The third kappa shape index (κ3) is 4.64. The topological polar surface area (TPSA) is 70.9 Å². The molecule has 5 nitrogen and oxygen atoms in total. The molecule has 0 fully saturated rings. The standard InChI is InChI=1S/C25H20N2O3/c28-22-13-11-20(12-14-22)25(29)27-26-16-18-5-3-9-23(15-18)30-17-21-8-4-7-19-6-1-2-10-24(19)21/h1-16,28H,17H2,(H,27,29)/b26-16+. The second-order valence-corrected chi connectivity index (χ2v) is 6.75. The van der Waals surface area contributed by atoms with Gasteiger partial charge in [0.25, 0.3) is 5.91 Å². The molecule has 0 spiro atoms. The van der Waals surface area contributed by atoms with E-state index in [0.29, 0.717) is 12.2 Å². The predicted molar refractivity (Wildman–Crippen MR) is 118 cm³/mol. The summed E-state index contributed by atoms with van der Waals surface area (Å²) in [5.74, 6) is 0.474. The van der Waals surface area contributed by atoms with E-state index in [1.807, 2.05) is 42.5 Å². The zero-order valence-corrected chi connectivity index (χ0v) is 16.2. The van der Waals surface area contributed by atoms with Crippen LogP contribution in [0.2, 0.25) is 0 Å². The Morgan fingerprint density at radius 2 is 1.70 bits per heavy atom. The summed E-state index contributed by atoms with van der Waals surface area (Å²) in [4.78, 5) is 12.0. The Labute approximate surface area is 174 Å². The average Bonchev–Trinajstić information content (AvgIpc) is 2.78. The largest absolute Gasteiger partial charge is 0.508 e. The van der Waals surface area contributed by atoms with Crippen molar-refractivity contribution in [1.82, 2.24) is 5.43 Å². The van der Waals surface area contributed by atoms with Gasteiger partial charge in [0, 0.05) is 5.56 Å². The van der Waals surface area contributed by atoms with Crippen LogP contribution < -0.4 is 10.2 Å². The smallest absolute Gasteiger partial charge is 0.271 e. The fraction of sp³-hybridized carbons (Fsp3) is 0.0400.